The zero-order valence-corrected chi connectivity index (χ0v) is 15.3. The van der Waals surface area contributed by atoms with Gasteiger partial charge in [0.15, 0.2) is 5.70 Å². The van der Waals surface area contributed by atoms with Crippen molar-refractivity contribution in [3.05, 3.63) is 58.8 Å². The highest BCUT2D eigenvalue weighted by Crippen LogP contribution is 2.36. The molecule has 0 N–H and O–H groups in total. The Morgan fingerprint density at radius 1 is 1.15 bits per heavy atom. The predicted molar refractivity (Wildman–Crippen MR) is 100 cm³/mol. The van der Waals surface area contributed by atoms with Gasteiger partial charge >= 0.3 is 5.97 Å². The lowest BCUT2D eigenvalue weighted by molar-refractivity contribution is -0.129. The van der Waals surface area contributed by atoms with E-state index in [9.17, 15) is 4.79 Å². The van der Waals surface area contributed by atoms with Crippen molar-refractivity contribution in [3.8, 4) is 17.2 Å². The molecule has 2 heterocycles. The molecule has 0 bridgehead atoms. The molecule has 2 aliphatic rings. The summed E-state index contributed by atoms with van der Waals surface area (Å²) in [6, 6.07) is 11.0. The zero-order valence-electron chi connectivity index (χ0n) is 15.3. The lowest BCUT2D eigenvalue weighted by Gasteiger charge is -2.08. The van der Waals surface area contributed by atoms with Crippen molar-refractivity contribution in [1.29, 1.82) is 0 Å². The van der Waals surface area contributed by atoms with Gasteiger partial charge in [-0.05, 0) is 49.4 Å². The normalized spacial score (nSPS) is 19.4. The summed E-state index contributed by atoms with van der Waals surface area (Å²) >= 11 is 0. The molecule has 0 aliphatic carbocycles. The number of hydrogen-bond donors (Lipinski definition) is 0. The van der Waals surface area contributed by atoms with Gasteiger partial charge < -0.3 is 18.9 Å². The quantitative estimate of drug-likeness (QED) is 0.614. The molecule has 27 heavy (non-hydrogen) atoms. The average Bonchev–Trinajstić information content (AvgIpc) is 3.22. The third-order valence-corrected chi connectivity index (χ3v) is 4.50. The molecule has 1 atom stereocenters. The smallest absolute Gasteiger partial charge is 0.363 e. The Balaban J connectivity index is 1.68. The molecule has 0 fully saturated rings. The largest absolute Gasteiger partial charge is 0.497 e. The summed E-state index contributed by atoms with van der Waals surface area (Å²) in [5, 5.41) is 0. The maximum absolute atomic E-state index is 12.3. The van der Waals surface area contributed by atoms with Gasteiger partial charge in [-0.2, -0.15) is 0 Å². The number of cyclic esters (lactones) is 1. The summed E-state index contributed by atoms with van der Waals surface area (Å²) < 4.78 is 21.7. The Morgan fingerprint density at radius 3 is 2.63 bits per heavy atom. The van der Waals surface area contributed by atoms with Crippen molar-refractivity contribution in [1.82, 2.24) is 0 Å². The molecule has 0 amide bonds. The molecule has 1 unspecified atom stereocenters. The van der Waals surface area contributed by atoms with E-state index in [1.807, 2.05) is 19.1 Å². The van der Waals surface area contributed by atoms with Crippen LogP contribution in [0.5, 0.6) is 17.2 Å². The van der Waals surface area contributed by atoms with Crippen LogP contribution in [0.3, 0.4) is 0 Å². The Morgan fingerprint density at radius 2 is 1.93 bits per heavy atom. The summed E-state index contributed by atoms with van der Waals surface area (Å²) in [6.07, 6.45) is 2.62. The Kier molecular flexibility index (Phi) is 4.32. The van der Waals surface area contributed by atoms with Crippen molar-refractivity contribution in [2.24, 2.45) is 4.99 Å². The van der Waals surface area contributed by atoms with Crippen LogP contribution in [-0.2, 0) is 16.0 Å². The Bertz CT molecular complexity index is 959. The van der Waals surface area contributed by atoms with Crippen LogP contribution in [0, 0.1) is 0 Å². The van der Waals surface area contributed by atoms with Gasteiger partial charge in [-0.25, -0.2) is 9.79 Å². The van der Waals surface area contributed by atoms with Crippen LogP contribution in [-0.4, -0.2) is 32.2 Å². The van der Waals surface area contributed by atoms with E-state index < -0.39 is 5.97 Å². The number of benzene rings is 2. The highest BCUT2D eigenvalue weighted by Gasteiger charge is 2.26. The van der Waals surface area contributed by atoms with E-state index in [0.29, 0.717) is 11.3 Å². The number of nitrogens with zero attached hydrogens (tertiary/aromatic N) is 1. The molecule has 0 saturated heterocycles. The number of esters is 1. The van der Waals surface area contributed by atoms with E-state index in [-0.39, 0.29) is 17.7 Å². The van der Waals surface area contributed by atoms with Gasteiger partial charge in [-0.1, -0.05) is 0 Å². The van der Waals surface area contributed by atoms with Crippen LogP contribution >= 0.6 is 0 Å². The monoisotopic (exact) mass is 365 g/mol. The van der Waals surface area contributed by atoms with Crippen LogP contribution in [0.4, 0.5) is 0 Å². The standard InChI is InChI=1S/C21H19NO5/c1-12-8-14-10-18(25-3)15(11-19(14)26-12)9-17-21(23)27-20(22-17)13-4-6-16(24-2)7-5-13/h4-7,9-12H,8H2,1-3H3/b17-9+. The second-order valence-corrected chi connectivity index (χ2v) is 6.40. The average molecular weight is 365 g/mol. The Hall–Kier alpha value is -3.28. The van der Waals surface area contributed by atoms with Gasteiger partial charge in [0.25, 0.3) is 0 Å². The molecule has 138 valence electrons. The van der Waals surface area contributed by atoms with E-state index in [0.717, 1.165) is 29.0 Å². The van der Waals surface area contributed by atoms with E-state index in [1.54, 1.807) is 44.6 Å². The molecule has 4 rings (SSSR count). The van der Waals surface area contributed by atoms with Crippen molar-refractivity contribution >= 4 is 17.9 Å². The van der Waals surface area contributed by atoms with Crippen LogP contribution in [0.1, 0.15) is 23.6 Å². The van der Waals surface area contributed by atoms with Crippen LogP contribution in [0.25, 0.3) is 6.08 Å². The molecular formula is C21H19NO5. The first kappa shape index (κ1) is 17.1. The third kappa shape index (κ3) is 3.26. The summed E-state index contributed by atoms with van der Waals surface area (Å²) in [4.78, 5) is 16.6. The van der Waals surface area contributed by atoms with E-state index >= 15 is 0 Å². The fraction of sp³-hybridized carbons (Fsp3) is 0.238. The fourth-order valence-electron chi connectivity index (χ4n) is 3.16. The van der Waals surface area contributed by atoms with Gasteiger partial charge in [0.05, 0.1) is 14.2 Å². The molecule has 6 nitrogen and oxygen atoms in total. The SMILES string of the molecule is COc1ccc(C2=N/C(=C/c3cc4c(cc3OC)CC(C)O4)C(=O)O2)cc1. The summed E-state index contributed by atoms with van der Waals surface area (Å²) in [6.45, 7) is 2.02. The highest BCUT2D eigenvalue weighted by atomic mass is 16.6. The number of carbonyl (C=O) groups is 1. The number of methoxy groups -OCH3 is 2. The first-order valence-electron chi connectivity index (χ1n) is 8.62. The molecule has 2 aromatic rings. The van der Waals surface area contributed by atoms with E-state index in [2.05, 4.69) is 4.99 Å². The number of fused-ring (bicyclic) bond motifs is 1. The predicted octanol–water partition coefficient (Wildman–Crippen LogP) is 3.37. The van der Waals surface area contributed by atoms with Crippen molar-refractivity contribution in [2.45, 2.75) is 19.4 Å². The minimum atomic E-state index is -0.502. The molecule has 2 aliphatic heterocycles. The molecule has 0 saturated carbocycles. The maximum Gasteiger partial charge on any atom is 0.363 e. The topological polar surface area (TPSA) is 66.3 Å². The third-order valence-electron chi connectivity index (χ3n) is 4.50. The highest BCUT2D eigenvalue weighted by molar-refractivity contribution is 6.13. The maximum atomic E-state index is 12.3. The van der Waals surface area contributed by atoms with Gasteiger partial charge in [0.2, 0.25) is 5.90 Å². The van der Waals surface area contributed by atoms with E-state index in [4.69, 9.17) is 18.9 Å². The number of aliphatic imine (C=N–C) groups is 1. The number of rotatable bonds is 4. The fourth-order valence-corrected chi connectivity index (χ4v) is 3.16. The van der Waals surface area contributed by atoms with E-state index in [1.165, 1.54) is 0 Å². The lowest BCUT2D eigenvalue weighted by atomic mass is 10.1. The lowest BCUT2D eigenvalue weighted by Crippen LogP contribution is -2.05. The van der Waals surface area contributed by atoms with Crippen molar-refractivity contribution in [3.63, 3.8) is 0 Å². The van der Waals surface area contributed by atoms with Crippen LogP contribution in [0.2, 0.25) is 0 Å². The first-order valence-corrected chi connectivity index (χ1v) is 8.62. The van der Waals surface area contributed by atoms with Gasteiger partial charge in [0.1, 0.15) is 23.4 Å². The minimum absolute atomic E-state index is 0.128. The molecule has 6 heteroatoms. The zero-order chi connectivity index (χ0) is 19.0. The van der Waals surface area contributed by atoms with Gasteiger partial charge in [-0.3, -0.25) is 0 Å². The van der Waals surface area contributed by atoms with Crippen LogP contribution in [0.15, 0.2) is 47.1 Å². The second kappa shape index (κ2) is 6.79. The van der Waals surface area contributed by atoms with Gasteiger partial charge in [0, 0.05) is 23.1 Å². The molecule has 0 aromatic heterocycles. The summed E-state index contributed by atoms with van der Waals surface area (Å²) in [5.74, 6) is 1.95. The molecule has 0 spiro atoms. The minimum Gasteiger partial charge on any atom is -0.497 e. The first-order chi connectivity index (χ1) is 13.1. The second-order valence-electron chi connectivity index (χ2n) is 6.40. The molecule has 0 radical (unpaired) electrons. The summed E-state index contributed by atoms with van der Waals surface area (Å²) in [5.41, 5.74) is 2.73. The Labute approximate surface area is 157 Å². The van der Waals surface area contributed by atoms with Gasteiger partial charge in [-0.15, -0.1) is 0 Å². The molecule has 2 aromatic carbocycles. The molecular weight excluding hydrogens is 346 g/mol. The number of ether oxygens (including phenoxy) is 4. The summed E-state index contributed by atoms with van der Waals surface area (Å²) in [7, 11) is 3.19. The van der Waals surface area contributed by atoms with Crippen molar-refractivity contribution < 1.29 is 23.7 Å². The number of carbonyl (C=O) groups excluding carboxylic acids is 1. The number of hydrogen-bond acceptors (Lipinski definition) is 6. The van der Waals surface area contributed by atoms with Crippen molar-refractivity contribution in [2.75, 3.05) is 14.2 Å². The van der Waals surface area contributed by atoms with Crippen LogP contribution < -0.4 is 14.2 Å².